The number of thioether (sulfide) groups is 1. The molecule has 7 atom stereocenters. The number of rotatable bonds is 4. The van der Waals surface area contributed by atoms with E-state index >= 15 is 0 Å². The van der Waals surface area contributed by atoms with E-state index in [9.17, 15) is 14.4 Å². The number of ether oxygens (including phenoxy) is 1. The molecule has 0 N–H and O–H groups in total. The van der Waals surface area contributed by atoms with Gasteiger partial charge in [0.2, 0.25) is 0 Å². The maximum Gasteiger partial charge on any atom is 0.338 e. The van der Waals surface area contributed by atoms with E-state index in [0.29, 0.717) is 24.3 Å². The Hall–Kier alpha value is -2.14. The van der Waals surface area contributed by atoms with Crippen LogP contribution in [0.1, 0.15) is 63.2 Å². The van der Waals surface area contributed by atoms with E-state index in [1.54, 1.807) is 24.8 Å². The molecule has 0 saturated heterocycles. The molecule has 0 spiro atoms. The molecule has 0 aromatic heterocycles. The molecular weight excluding hydrogens is 444 g/mol. The van der Waals surface area contributed by atoms with Crippen LogP contribution in [0.5, 0.6) is 0 Å². The van der Waals surface area contributed by atoms with Crippen molar-refractivity contribution in [1.82, 2.24) is 0 Å². The molecule has 180 valence electrons. The lowest BCUT2D eigenvalue weighted by molar-refractivity contribution is -0.135. The van der Waals surface area contributed by atoms with E-state index in [1.807, 2.05) is 30.5 Å². The Bertz CT molecular complexity index is 1090. The number of Topliss-reactive ketones (excluding diaryl/α,β-unsaturated/α-hetero) is 1. The summed E-state index contributed by atoms with van der Waals surface area (Å²) in [7, 11) is 0. The number of fused-ring (bicyclic) bond motifs is 5. The summed E-state index contributed by atoms with van der Waals surface area (Å²) in [5, 5.41) is 0. The van der Waals surface area contributed by atoms with Crippen LogP contribution in [0.15, 0.2) is 53.0 Å². The summed E-state index contributed by atoms with van der Waals surface area (Å²) in [4.78, 5) is 39.3. The zero-order chi connectivity index (χ0) is 24.3. The molecule has 0 unspecified atom stereocenters. The summed E-state index contributed by atoms with van der Waals surface area (Å²) in [6.45, 7) is 6.21. The predicted octanol–water partition coefficient (Wildman–Crippen LogP) is 6.06. The van der Waals surface area contributed by atoms with Crippen molar-refractivity contribution in [1.29, 1.82) is 0 Å². The van der Waals surface area contributed by atoms with Gasteiger partial charge < -0.3 is 4.74 Å². The number of carbonyl (C=O) groups is 3. The monoisotopic (exact) mass is 478 g/mol. The van der Waals surface area contributed by atoms with Crippen LogP contribution in [-0.2, 0) is 14.3 Å². The first-order valence-corrected chi connectivity index (χ1v) is 13.7. The predicted molar refractivity (Wildman–Crippen MR) is 134 cm³/mol. The van der Waals surface area contributed by atoms with Gasteiger partial charge in [-0.1, -0.05) is 26.0 Å². The first-order valence-electron chi connectivity index (χ1n) is 12.5. The highest BCUT2D eigenvalue weighted by molar-refractivity contribution is 7.98. The molecule has 2 fully saturated rings. The molecule has 5 heteroatoms. The van der Waals surface area contributed by atoms with Crippen LogP contribution in [0.4, 0.5) is 0 Å². The zero-order valence-corrected chi connectivity index (χ0v) is 21.3. The second-order valence-electron chi connectivity index (χ2n) is 11.2. The van der Waals surface area contributed by atoms with Gasteiger partial charge in [0.25, 0.3) is 0 Å². The fourth-order valence-electron chi connectivity index (χ4n) is 7.80. The number of ketones is 2. The molecular formula is C29H34O4S. The van der Waals surface area contributed by atoms with Crippen LogP contribution in [0.3, 0.4) is 0 Å². The topological polar surface area (TPSA) is 60.4 Å². The minimum Gasteiger partial charge on any atom is -0.458 e. The number of carbonyl (C=O) groups excluding carboxylic acids is 3. The van der Waals surface area contributed by atoms with Crippen molar-refractivity contribution >= 4 is 29.3 Å². The Kier molecular flexibility index (Phi) is 5.91. The molecule has 0 bridgehead atoms. The Morgan fingerprint density at radius 1 is 1.12 bits per heavy atom. The van der Waals surface area contributed by atoms with Crippen molar-refractivity contribution in [3.63, 3.8) is 0 Å². The number of benzene rings is 1. The molecule has 2 saturated carbocycles. The van der Waals surface area contributed by atoms with E-state index in [1.165, 1.54) is 0 Å². The van der Waals surface area contributed by atoms with Gasteiger partial charge in [-0.05, 0) is 97.4 Å². The van der Waals surface area contributed by atoms with E-state index in [0.717, 1.165) is 29.7 Å². The van der Waals surface area contributed by atoms with Gasteiger partial charge in [-0.2, -0.15) is 0 Å². The van der Waals surface area contributed by atoms with Crippen LogP contribution in [0.2, 0.25) is 0 Å². The Morgan fingerprint density at radius 2 is 1.85 bits per heavy atom. The Balaban J connectivity index is 1.54. The van der Waals surface area contributed by atoms with Crippen molar-refractivity contribution in [2.75, 3.05) is 6.26 Å². The van der Waals surface area contributed by atoms with Crippen LogP contribution in [-0.4, -0.2) is 29.9 Å². The largest absolute Gasteiger partial charge is 0.458 e. The second-order valence-corrected chi connectivity index (χ2v) is 12.1. The van der Waals surface area contributed by atoms with Gasteiger partial charge in [0.15, 0.2) is 5.78 Å². The molecule has 1 aromatic carbocycles. The van der Waals surface area contributed by atoms with Crippen LogP contribution < -0.4 is 0 Å². The summed E-state index contributed by atoms with van der Waals surface area (Å²) in [6.07, 6.45) is 11.9. The molecule has 34 heavy (non-hydrogen) atoms. The van der Waals surface area contributed by atoms with Crippen molar-refractivity contribution in [3.05, 3.63) is 53.6 Å². The highest BCUT2D eigenvalue weighted by atomic mass is 32.2. The van der Waals surface area contributed by atoms with E-state index in [4.69, 9.17) is 4.74 Å². The van der Waals surface area contributed by atoms with E-state index < -0.39 is 0 Å². The van der Waals surface area contributed by atoms with Crippen molar-refractivity contribution in [3.8, 4) is 0 Å². The van der Waals surface area contributed by atoms with E-state index in [-0.39, 0.29) is 52.2 Å². The molecule has 0 heterocycles. The van der Waals surface area contributed by atoms with Gasteiger partial charge in [-0.15, -0.1) is 11.8 Å². The number of hydrogen-bond acceptors (Lipinski definition) is 5. The second kappa shape index (κ2) is 8.51. The first kappa shape index (κ1) is 23.6. The van der Waals surface area contributed by atoms with Gasteiger partial charge in [0.1, 0.15) is 11.9 Å². The standard InChI is InChI=1S/C29H34O4S/c1-17(30)23-11-12-24-22-10-7-19-15-20(31)13-14-28(19,2)26(22)25(16-29(23,24)3)33-27(32)18-5-8-21(34-4)9-6-18/h5-10,15,22-26H,11-14,16H2,1-4H3/t22-,23+,24-,25-,26-,28+,29+/m0/s1. The number of esters is 1. The molecule has 5 rings (SSSR count). The van der Waals surface area contributed by atoms with Crippen LogP contribution in [0, 0.1) is 34.5 Å². The van der Waals surface area contributed by atoms with Crippen molar-refractivity contribution in [2.24, 2.45) is 34.5 Å². The molecule has 4 aliphatic carbocycles. The highest BCUT2D eigenvalue weighted by Crippen LogP contribution is 2.65. The lowest BCUT2D eigenvalue weighted by Gasteiger charge is -2.58. The minimum absolute atomic E-state index is 0.00610. The average Bonchev–Trinajstić information content (AvgIpc) is 3.16. The molecule has 0 radical (unpaired) electrons. The number of allylic oxidation sites excluding steroid dienone is 4. The SMILES string of the molecule is CSc1ccc(C(=O)O[C@H]2C[C@]3(C)[C@@H](C(C)=O)CC[C@H]3[C@@H]3C=CC4=CC(=O)CC[C@@]4(C)[C@@H]32)cc1. The fourth-order valence-corrected chi connectivity index (χ4v) is 8.21. The third kappa shape index (κ3) is 3.62. The smallest absolute Gasteiger partial charge is 0.338 e. The normalized spacial score (nSPS) is 38.4. The summed E-state index contributed by atoms with van der Waals surface area (Å²) < 4.78 is 6.36. The molecule has 0 aliphatic heterocycles. The van der Waals surface area contributed by atoms with Crippen LogP contribution >= 0.6 is 11.8 Å². The van der Waals surface area contributed by atoms with Crippen molar-refractivity contribution < 1.29 is 19.1 Å². The van der Waals surface area contributed by atoms with Gasteiger partial charge in [-0.25, -0.2) is 4.79 Å². The minimum atomic E-state index is -0.300. The maximum absolute atomic E-state index is 13.3. The third-order valence-corrected chi connectivity index (χ3v) is 10.2. The van der Waals surface area contributed by atoms with Gasteiger partial charge in [0.05, 0.1) is 5.56 Å². The third-order valence-electron chi connectivity index (χ3n) is 9.51. The lowest BCUT2D eigenvalue weighted by atomic mass is 9.47. The van der Waals surface area contributed by atoms with E-state index in [2.05, 4.69) is 26.0 Å². The highest BCUT2D eigenvalue weighted by Gasteiger charge is 2.62. The van der Waals surface area contributed by atoms with Gasteiger partial charge in [0, 0.05) is 23.2 Å². The molecule has 0 amide bonds. The summed E-state index contributed by atoms with van der Waals surface area (Å²) in [5.41, 5.74) is 1.23. The number of hydrogen-bond donors (Lipinski definition) is 0. The molecule has 1 aromatic rings. The Morgan fingerprint density at radius 3 is 2.53 bits per heavy atom. The average molecular weight is 479 g/mol. The van der Waals surface area contributed by atoms with Gasteiger partial charge >= 0.3 is 5.97 Å². The summed E-state index contributed by atoms with van der Waals surface area (Å²) in [6, 6.07) is 7.56. The van der Waals surface area contributed by atoms with Crippen LogP contribution in [0.25, 0.3) is 0 Å². The zero-order valence-electron chi connectivity index (χ0n) is 20.5. The first-order chi connectivity index (χ1) is 16.2. The fraction of sp³-hybridized carbons (Fsp3) is 0.552. The Labute approximate surface area is 206 Å². The molecule has 4 nitrogen and oxygen atoms in total. The maximum atomic E-state index is 13.3. The lowest BCUT2D eigenvalue weighted by Crippen LogP contribution is -2.56. The quantitative estimate of drug-likeness (QED) is 0.389. The summed E-state index contributed by atoms with van der Waals surface area (Å²) in [5.74, 6) is 0.852. The molecule has 4 aliphatic rings. The van der Waals surface area contributed by atoms with Crippen molar-refractivity contribution in [2.45, 2.75) is 63.9 Å². The van der Waals surface area contributed by atoms with Gasteiger partial charge in [-0.3, -0.25) is 9.59 Å². The summed E-state index contributed by atoms with van der Waals surface area (Å²) >= 11 is 1.64.